The highest BCUT2D eigenvalue weighted by atomic mass is 35.5. The number of carbonyl (C=O) groups is 1. The van der Waals surface area contributed by atoms with Gasteiger partial charge >= 0.3 is 0 Å². The average molecular weight is 328 g/mol. The highest BCUT2D eigenvalue weighted by Crippen LogP contribution is 2.09. The Hall–Kier alpha value is -0.0300. The van der Waals surface area contributed by atoms with Crippen molar-refractivity contribution in [3.63, 3.8) is 0 Å². The lowest BCUT2D eigenvalue weighted by Crippen LogP contribution is -2.30. The van der Waals surface area contributed by atoms with Crippen LogP contribution in [0.4, 0.5) is 0 Å². The molecule has 0 aliphatic carbocycles. The number of halogens is 2. The molecule has 20 heavy (non-hydrogen) atoms. The Balaban J connectivity index is 0. The summed E-state index contributed by atoms with van der Waals surface area (Å²) in [6, 6.07) is 0. The van der Waals surface area contributed by atoms with Crippen molar-refractivity contribution in [3.8, 4) is 0 Å². The quantitative estimate of drug-likeness (QED) is 0.672. The third-order valence-electron chi connectivity index (χ3n) is 3.50. The number of hydrogen-bond acceptors (Lipinski definition) is 3. The van der Waals surface area contributed by atoms with Crippen LogP contribution in [0.1, 0.15) is 44.9 Å². The molecule has 122 valence electrons. The maximum absolute atomic E-state index is 11.5. The van der Waals surface area contributed by atoms with E-state index in [2.05, 4.69) is 15.5 Å². The number of hydrogen-bond donors (Lipinski definition) is 2. The Labute approximate surface area is 136 Å². The van der Waals surface area contributed by atoms with Crippen molar-refractivity contribution in [1.29, 1.82) is 0 Å². The highest BCUT2D eigenvalue weighted by molar-refractivity contribution is 5.85. The fraction of sp³-hybridized carbons (Fsp3) is 0.929. The normalized spacial score (nSPS) is 15.7. The predicted molar refractivity (Wildman–Crippen MR) is 90.2 cm³/mol. The van der Waals surface area contributed by atoms with Crippen molar-refractivity contribution in [2.75, 3.05) is 39.8 Å². The van der Waals surface area contributed by atoms with Crippen LogP contribution < -0.4 is 10.6 Å². The molecule has 0 saturated carbocycles. The molecule has 1 fully saturated rings. The van der Waals surface area contributed by atoms with Crippen molar-refractivity contribution in [2.45, 2.75) is 44.9 Å². The first-order chi connectivity index (χ1) is 8.83. The summed E-state index contributed by atoms with van der Waals surface area (Å²) in [5, 5.41) is 6.06. The number of rotatable bonds is 8. The summed E-state index contributed by atoms with van der Waals surface area (Å²) in [5.41, 5.74) is 0. The molecule has 1 aliphatic rings. The van der Waals surface area contributed by atoms with Crippen LogP contribution in [0.15, 0.2) is 0 Å². The van der Waals surface area contributed by atoms with E-state index in [1.54, 1.807) is 0 Å². The monoisotopic (exact) mass is 327 g/mol. The van der Waals surface area contributed by atoms with Crippen LogP contribution in [-0.2, 0) is 4.79 Å². The van der Waals surface area contributed by atoms with E-state index in [-0.39, 0.29) is 30.7 Å². The lowest BCUT2D eigenvalue weighted by atomic mass is 10.2. The Morgan fingerprint density at radius 2 is 1.65 bits per heavy atom. The summed E-state index contributed by atoms with van der Waals surface area (Å²) >= 11 is 0. The zero-order valence-corrected chi connectivity index (χ0v) is 14.3. The van der Waals surface area contributed by atoms with E-state index in [1.165, 1.54) is 38.8 Å². The van der Waals surface area contributed by atoms with Crippen LogP contribution in [0.3, 0.4) is 0 Å². The third-order valence-corrected chi connectivity index (χ3v) is 3.50. The molecule has 2 N–H and O–H groups in total. The maximum Gasteiger partial charge on any atom is 0.220 e. The number of amides is 1. The molecule has 0 atom stereocenters. The standard InChI is InChI=1S/C14H29N3O.2ClH/c1-15-9-6-8-14(18)16-10-7-13-17-11-4-2-3-5-12-17;;/h15H,2-13H2,1H3,(H,16,18);2*1H. The smallest absolute Gasteiger partial charge is 0.220 e. The average Bonchev–Trinajstić information content (AvgIpc) is 2.63. The van der Waals surface area contributed by atoms with Gasteiger partial charge in [0.2, 0.25) is 5.91 Å². The maximum atomic E-state index is 11.5. The van der Waals surface area contributed by atoms with E-state index in [4.69, 9.17) is 0 Å². The van der Waals surface area contributed by atoms with Gasteiger partial charge in [-0.1, -0.05) is 12.8 Å². The number of nitrogens with zero attached hydrogens (tertiary/aromatic N) is 1. The molecule has 0 aromatic rings. The minimum absolute atomic E-state index is 0. The molecule has 0 aromatic heterocycles. The van der Waals surface area contributed by atoms with Crippen molar-refractivity contribution < 1.29 is 4.79 Å². The lowest BCUT2D eigenvalue weighted by molar-refractivity contribution is -0.121. The number of carbonyl (C=O) groups excluding carboxylic acids is 1. The second kappa shape index (κ2) is 15.4. The van der Waals surface area contributed by atoms with Crippen LogP contribution in [0, 0.1) is 0 Å². The van der Waals surface area contributed by atoms with Gasteiger partial charge in [-0.2, -0.15) is 0 Å². The number of nitrogens with one attached hydrogen (secondary N) is 2. The largest absolute Gasteiger partial charge is 0.356 e. The van der Waals surface area contributed by atoms with Gasteiger partial charge < -0.3 is 15.5 Å². The van der Waals surface area contributed by atoms with Gasteiger partial charge in [-0.3, -0.25) is 4.79 Å². The van der Waals surface area contributed by atoms with Crippen LogP contribution in [0.2, 0.25) is 0 Å². The zero-order chi connectivity index (χ0) is 13.1. The van der Waals surface area contributed by atoms with E-state index in [9.17, 15) is 4.79 Å². The summed E-state index contributed by atoms with van der Waals surface area (Å²) < 4.78 is 0. The van der Waals surface area contributed by atoms with E-state index < -0.39 is 0 Å². The van der Waals surface area contributed by atoms with Crippen LogP contribution in [0.25, 0.3) is 0 Å². The van der Waals surface area contributed by atoms with Crippen LogP contribution in [0.5, 0.6) is 0 Å². The molecule has 0 bridgehead atoms. The first-order valence-electron chi connectivity index (χ1n) is 7.46. The van der Waals surface area contributed by atoms with Gasteiger partial charge in [0.1, 0.15) is 0 Å². The Morgan fingerprint density at radius 3 is 2.25 bits per heavy atom. The van der Waals surface area contributed by atoms with Crippen LogP contribution in [-0.4, -0.2) is 50.6 Å². The Bertz CT molecular complexity index is 222. The van der Waals surface area contributed by atoms with Crippen molar-refractivity contribution in [3.05, 3.63) is 0 Å². The van der Waals surface area contributed by atoms with E-state index >= 15 is 0 Å². The minimum Gasteiger partial charge on any atom is -0.356 e. The first-order valence-corrected chi connectivity index (χ1v) is 7.46. The molecular formula is C14H31Cl2N3O. The van der Waals surface area contributed by atoms with Crippen molar-refractivity contribution >= 4 is 30.7 Å². The summed E-state index contributed by atoms with van der Waals surface area (Å²) in [5.74, 6) is 0.195. The van der Waals surface area contributed by atoms with Crippen LogP contribution >= 0.6 is 24.8 Å². The molecule has 1 saturated heterocycles. The molecule has 0 aromatic carbocycles. The topological polar surface area (TPSA) is 44.4 Å². The van der Waals surface area contributed by atoms with E-state index in [0.29, 0.717) is 6.42 Å². The Kier molecular flexibility index (Phi) is 17.1. The van der Waals surface area contributed by atoms with E-state index in [0.717, 1.165) is 32.5 Å². The molecule has 1 aliphatic heterocycles. The fourth-order valence-electron chi connectivity index (χ4n) is 2.40. The minimum atomic E-state index is 0. The van der Waals surface area contributed by atoms with Gasteiger partial charge in [-0.25, -0.2) is 0 Å². The predicted octanol–water partition coefficient (Wildman–Crippen LogP) is 2.21. The van der Waals surface area contributed by atoms with Crippen molar-refractivity contribution in [1.82, 2.24) is 15.5 Å². The van der Waals surface area contributed by atoms with Gasteiger partial charge in [0, 0.05) is 13.0 Å². The molecule has 0 radical (unpaired) electrons. The molecule has 1 rings (SSSR count). The van der Waals surface area contributed by atoms with Crippen molar-refractivity contribution in [2.24, 2.45) is 0 Å². The summed E-state index contributed by atoms with van der Waals surface area (Å²) in [4.78, 5) is 14.0. The van der Waals surface area contributed by atoms with Gasteiger partial charge in [0.05, 0.1) is 0 Å². The van der Waals surface area contributed by atoms with Gasteiger partial charge in [-0.05, 0) is 58.9 Å². The molecular weight excluding hydrogens is 297 g/mol. The SMILES string of the molecule is CNCCCC(=O)NCCCN1CCCCCC1.Cl.Cl. The molecule has 1 heterocycles. The third kappa shape index (κ3) is 11.8. The van der Waals surface area contributed by atoms with Gasteiger partial charge in [0.25, 0.3) is 0 Å². The second-order valence-electron chi connectivity index (χ2n) is 5.17. The molecule has 4 nitrogen and oxygen atoms in total. The number of likely N-dealkylation sites (tertiary alicyclic amines) is 1. The summed E-state index contributed by atoms with van der Waals surface area (Å²) in [6.45, 7) is 5.37. The van der Waals surface area contributed by atoms with Gasteiger partial charge in [-0.15, -0.1) is 24.8 Å². The van der Waals surface area contributed by atoms with E-state index in [1.807, 2.05) is 7.05 Å². The Morgan fingerprint density at radius 1 is 1.00 bits per heavy atom. The molecule has 0 spiro atoms. The van der Waals surface area contributed by atoms with Gasteiger partial charge in [0.15, 0.2) is 0 Å². The molecule has 1 amide bonds. The molecule has 0 unspecified atom stereocenters. The summed E-state index contributed by atoms with van der Waals surface area (Å²) in [7, 11) is 1.92. The fourth-order valence-corrected chi connectivity index (χ4v) is 2.40. The summed E-state index contributed by atoms with van der Waals surface area (Å²) in [6.07, 6.45) is 8.11. The highest BCUT2D eigenvalue weighted by Gasteiger charge is 2.08. The molecule has 6 heteroatoms. The zero-order valence-electron chi connectivity index (χ0n) is 12.7. The second-order valence-corrected chi connectivity index (χ2v) is 5.17. The first kappa shape index (κ1) is 22.3. The lowest BCUT2D eigenvalue weighted by Gasteiger charge is -2.19.